The van der Waals surface area contributed by atoms with Gasteiger partial charge in [0.1, 0.15) is 0 Å². The first-order valence-corrected chi connectivity index (χ1v) is 14.5. The zero-order valence-corrected chi connectivity index (χ0v) is 22.3. The van der Waals surface area contributed by atoms with E-state index >= 15 is 0 Å². The summed E-state index contributed by atoms with van der Waals surface area (Å²) in [6, 6.07) is 0. The first-order chi connectivity index (χ1) is 15.7. The summed E-state index contributed by atoms with van der Waals surface area (Å²) in [5.74, 6) is 5.40. The molecule has 4 saturated carbocycles. The van der Waals surface area contributed by atoms with Gasteiger partial charge in [-0.3, -0.25) is 4.79 Å². The van der Waals surface area contributed by atoms with Crippen LogP contribution in [0.2, 0.25) is 0 Å². The molecule has 0 aromatic carbocycles. The highest BCUT2D eigenvalue weighted by atomic mass is 16.5. The van der Waals surface area contributed by atoms with Crippen LogP contribution in [0.25, 0.3) is 0 Å². The summed E-state index contributed by atoms with van der Waals surface area (Å²) in [6.45, 7) is 12.6. The second kappa shape index (κ2) is 10.2. The Bertz CT molecular complexity index is 675. The Balaban J connectivity index is 1.33. The van der Waals surface area contributed by atoms with Gasteiger partial charge < -0.3 is 9.84 Å². The molecule has 4 rings (SSSR count). The van der Waals surface area contributed by atoms with Crippen LogP contribution in [0.5, 0.6) is 0 Å². The quantitative estimate of drug-likeness (QED) is 0.384. The molecule has 190 valence electrons. The molecule has 0 amide bonds. The normalized spacial score (nSPS) is 44.3. The number of ether oxygens (including phenoxy) is 1. The standard InChI is InChI=1S/C30H52O3/c1-6-20(2)15-18-33-28(32)12-7-21(3)25-10-11-26-24-9-8-22-19-23(31)13-16-29(22,4)27(24)14-17-30(25,26)5/h20-27,31H,6-19H2,1-5H3/t20?,21-,22+,23+,24-,25+,26-,27-,29-,30+/m0/s1. The van der Waals surface area contributed by atoms with Crippen LogP contribution in [-0.4, -0.2) is 23.8 Å². The fraction of sp³-hybridized carbons (Fsp3) is 0.967. The Hall–Kier alpha value is -0.570. The molecule has 1 unspecified atom stereocenters. The molecule has 4 aliphatic rings. The van der Waals surface area contributed by atoms with E-state index in [-0.39, 0.29) is 12.1 Å². The van der Waals surface area contributed by atoms with Crippen LogP contribution in [0.15, 0.2) is 0 Å². The van der Waals surface area contributed by atoms with Crippen molar-refractivity contribution in [2.75, 3.05) is 6.61 Å². The zero-order valence-electron chi connectivity index (χ0n) is 22.3. The topological polar surface area (TPSA) is 46.5 Å². The van der Waals surface area contributed by atoms with Crippen molar-refractivity contribution in [1.29, 1.82) is 0 Å². The minimum absolute atomic E-state index is 0.0132. The van der Waals surface area contributed by atoms with E-state index < -0.39 is 0 Å². The van der Waals surface area contributed by atoms with E-state index in [2.05, 4.69) is 34.6 Å². The maximum absolute atomic E-state index is 12.3. The van der Waals surface area contributed by atoms with Crippen molar-refractivity contribution in [3.8, 4) is 0 Å². The highest BCUT2D eigenvalue weighted by molar-refractivity contribution is 5.69. The second-order valence-electron chi connectivity index (χ2n) is 13.4. The van der Waals surface area contributed by atoms with E-state index in [0.29, 0.717) is 35.7 Å². The zero-order chi connectivity index (χ0) is 23.8. The number of hydrogen-bond donors (Lipinski definition) is 1. The van der Waals surface area contributed by atoms with Crippen LogP contribution >= 0.6 is 0 Å². The third-order valence-corrected chi connectivity index (χ3v) is 11.8. The summed E-state index contributed by atoms with van der Waals surface area (Å²) < 4.78 is 5.54. The van der Waals surface area contributed by atoms with Gasteiger partial charge in [0.15, 0.2) is 0 Å². The SMILES string of the molecule is CCC(C)CCOC(=O)CC[C@H](C)[C@H]1CC[C@H]2[C@@H]3CC[C@@H]4C[C@H](O)CC[C@]4(C)[C@H]3CC[C@]12C. The Morgan fingerprint density at radius 3 is 2.45 bits per heavy atom. The molecule has 4 aliphatic carbocycles. The third kappa shape index (κ3) is 4.91. The average molecular weight is 461 g/mol. The van der Waals surface area contributed by atoms with Crippen molar-refractivity contribution in [3.63, 3.8) is 0 Å². The minimum Gasteiger partial charge on any atom is -0.466 e. The van der Waals surface area contributed by atoms with Gasteiger partial charge in [-0.2, -0.15) is 0 Å². The molecule has 0 radical (unpaired) electrons. The molecule has 33 heavy (non-hydrogen) atoms. The molecule has 4 fully saturated rings. The summed E-state index contributed by atoms with van der Waals surface area (Å²) in [6.07, 6.45) is 15.2. The maximum atomic E-state index is 12.3. The number of rotatable bonds is 8. The van der Waals surface area contributed by atoms with Crippen molar-refractivity contribution in [1.82, 2.24) is 0 Å². The lowest BCUT2D eigenvalue weighted by atomic mass is 9.44. The molecule has 0 heterocycles. The number of aliphatic hydroxyl groups is 1. The second-order valence-corrected chi connectivity index (χ2v) is 13.4. The first kappa shape index (κ1) is 25.5. The molecular formula is C30H52O3. The predicted octanol–water partition coefficient (Wildman–Crippen LogP) is 7.40. The molecule has 3 nitrogen and oxygen atoms in total. The van der Waals surface area contributed by atoms with Gasteiger partial charge >= 0.3 is 5.97 Å². The van der Waals surface area contributed by atoms with E-state index in [1.165, 1.54) is 44.9 Å². The van der Waals surface area contributed by atoms with E-state index in [1.807, 2.05) is 0 Å². The molecule has 0 aromatic rings. The third-order valence-electron chi connectivity index (χ3n) is 11.8. The Labute approximate surface area is 203 Å². The largest absolute Gasteiger partial charge is 0.466 e. The molecule has 0 bridgehead atoms. The van der Waals surface area contributed by atoms with Crippen LogP contribution in [-0.2, 0) is 9.53 Å². The molecular weight excluding hydrogens is 408 g/mol. The van der Waals surface area contributed by atoms with Gasteiger partial charge in [0, 0.05) is 6.42 Å². The summed E-state index contributed by atoms with van der Waals surface area (Å²) in [5.41, 5.74) is 0.921. The Morgan fingerprint density at radius 2 is 1.70 bits per heavy atom. The van der Waals surface area contributed by atoms with E-state index in [4.69, 9.17) is 4.74 Å². The Morgan fingerprint density at radius 1 is 0.970 bits per heavy atom. The molecule has 10 atom stereocenters. The number of fused-ring (bicyclic) bond motifs is 5. The number of carbonyl (C=O) groups is 1. The van der Waals surface area contributed by atoms with E-state index in [9.17, 15) is 9.90 Å². The highest BCUT2D eigenvalue weighted by Gasteiger charge is 2.60. The fourth-order valence-electron chi connectivity index (χ4n) is 9.41. The van der Waals surface area contributed by atoms with Gasteiger partial charge in [-0.05, 0) is 123 Å². The molecule has 0 spiro atoms. The predicted molar refractivity (Wildman–Crippen MR) is 135 cm³/mol. The van der Waals surface area contributed by atoms with Gasteiger partial charge in [-0.15, -0.1) is 0 Å². The summed E-state index contributed by atoms with van der Waals surface area (Å²) >= 11 is 0. The van der Waals surface area contributed by atoms with Crippen molar-refractivity contribution < 1.29 is 14.6 Å². The van der Waals surface area contributed by atoms with Gasteiger partial charge in [0.25, 0.3) is 0 Å². The van der Waals surface area contributed by atoms with E-state index in [0.717, 1.165) is 61.7 Å². The lowest BCUT2D eigenvalue weighted by molar-refractivity contribution is -0.144. The average Bonchev–Trinajstić information content (AvgIpc) is 3.15. The highest BCUT2D eigenvalue weighted by Crippen LogP contribution is 2.68. The van der Waals surface area contributed by atoms with Crippen LogP contribution in [0.1, 0.15) is 118 Å². The van der Waals surface area contributed by atoms with Crippen molar-refractivity contribution in [3.05, 3.63) is 0 Å². The summed E-state index contributed by atoms with van der Waals surface area (Å²) in [5, 5.41) is 10.3. The van der Waals surface area contributed by atoms with E-state index in [1.54, 1.807) is 0 Å². The number of aliphatic hydroxyl groups excluding tert-OH is 1. The fourth-order valence-corrected chi connectivity index (χ4v) is 9.41. The Kier molecular flexibility index (Phi) is 7.88. The summed E-state index contributed by atoms with van der Waals surface area (Å²) in [4.78, 5) is 12.3. The van der Waals surface area contributed by atoms with Gasteiger partial charge in [0.05, 0.1) is 12.7 Å². The van der Waals surface area contributed by atoms with Crippen LogP contribution in [0.4, 0.5) is 0 Å². The lowest BCUT2D eigenvalue weighted by Crippen LogP contribution is -2.54. The lowest BCUT2D eigenvalue weighted by Gasteiger charge is -2.61. The van der Waals surface area contributed by atoms with Crippen molar-refractivity contribution in [2.45, 2.75) is 124 Å². The smallest absolute Gasteiger partial charge is 0.305 e. The number of carbonyl (C=O) groups excluding carboxylic acids is 1. The number of esters is 1. The van der Waals surface area contributed by atoms with Gasteiger partial charge in [-0.25, -0.2) is 0 Å². The molecule has 0 aromatic heterocycles. The first-order valence-electron chi connectivity index (χ1n) is 14.5. The van der Waals surface area contributed by atoms with Crippen LogP contribution < -0.4 is 0 Å². The van der Waals surface area contributed by atoms with Gasteiger partial charge in [-0.1, -0.05) is 41.0 Å². The number of hydrogen-bond acceptors (Lipinski definition) is 3. The minimum atomic E-state index is -0.0491. The van der Waals surface area contributed by atoms with Crippen LogP contribution in [0, 0.1) is 52.3 Å². The van der Waals surface area contributed by atoms with Crippen molar-refractivity contribution in [2.24, 2.45) is 52.3 Å². The van der Waals surface area contributed by atoms with Crippen molar-refractivity contribution >= 4 is 5.97 Å². The van der Waals surface area contributed by atoms with Crippen LogP contribution in [0.3, 0.4) is 0 Å². The molecule has 3 heteroatoms. The monoisotopic (exact) mass is 460 g/mol. The molecule has 0 aliphatic heterocycles. The summed E-state index contributed by atoms with van der Waals surface area (Å²) in [7, 11) is 0. The van der Waals surface area contributed by atoms with Gasteiger partial charge in [0.2, 0.25) is 0 Å². The molecule has 0 saturated heterocycles. The maximum Gasteiger partial charge on any atom is 0.305 e. The molecule has 1 N–H and O–H groups in total.